The number of fused-ring (bicyclic) bond motifs is 1. The van der Waals surface area contributed by atoms with Crippen molar-refractivity contribution in [1.82, 2.24) is 4.98 Å². The standard InChI is InChI=1S/C17H18N2O/c1-11-8-9-14(10-18-11)19-13(3)17-12(2)15-6-4-5-7-16(15)20-17/h4-10,13,19H,1-3H3. The highest BCUT2D eigenvalue weighted by Crippen LogP contribution is 2.30. The zero-order chi connectivity index (χ0) is 14.1. The Morgan fingerprint density at radius 2 is 1.90 bits per heavy atom. The molecule has 102 valence electrons. The third kappa shape index (κ3) is 2.27. The number of nitrogens with zero attached hydrogens (tertiary/aromatic N) is 1. The van der Waals surface area contributed by atoms with E-state index in [0.29, 0.717) is 0 Å². The van der Waals surface area contributed by atoms with Gasteiger partial charge in [-0.2, -0.15) is 0 Å². The number of hydrogen-bond acceptors (Lipinski definition) is 3. The lowest BCUT2D eigenvalue weighted by Crippen LogP contribution is -2.07. The summed E-state index contributed by atoms with van der Waals surface area (Å²) < 4.78 is 5.97. The largest absolute Gasteiger partial charge is 0.459 e. The summed E-state index contributed by atoms with van der Waals surface area (Å²) in [6, 6.07) is 12.3. The number of benzene rings is 1. The Morgan fingerprint density at radius 1 is 1.10 bits per heavy atom. The molecule has 3 rings (SSSR count). The summed E-state index contributed by atoms with van der Waals surface area (Å²) in [6.45, 7) is 6.19. The molecule has 0 aliphatic heterocycles. The summed E-state index contributed by atoms with van der Waals surface area (Å²) in [6.07, 6.45) is 1.85. The molecule has 2 heterocycles. The Hall–Kier alpha value is -2.29. The highest BCUT2D eigenvalue weighted by Gasteiger charge is 2.16. The first-order valence-electron chi connectivity index (χ1n) is 6.82. The van der Waals surface area contributed by atoms with Gasteiger partial charge in [0.1, 0.15) is 11.3 Å². The lowest BCUT2D eigenvalue weighted by Gasteiger charge is -2.13. The van der Waals surface area contributed by atoms with Crippen molar-refractivity contribution < 1.29 is 4.42 Å². The Bertz CT molecular complexity index is 728. The van der Waals surface area contributed by atoms with Crippen molar-refractivity contribution in [3.05, 3.63) is 59.6 Å². The molecule has 0 saturated heterocycles. The summed E-state index contributed by atoms with van der Waals surface area (Å²) in [5, 5.41) is 4.61. The minimum Gasteiger partial charge on any atom is -0.459 e. The summed E-state index contributed by atoms with van der Waals surface area (Å²) in [7, 11) is 0. The minimum atomic E-state index is 0.104. The van der Waals surface area contributed by atoms with Crippen LogP contribution in [0.25, 0.3) is 11.0 Å². The molecular weight excluding hydrogens is 248 g/mol. The third-order valence-electron chi connectivity index (χ3n) is 3.57. The summed E-state index contributed by atoms with van der Waals surface area (Å²) in [5.74, 6) is 0.978. The van der Waals surface area contributed by atoms with Gasteiger partial charge in [-0.05, 0) is 39.0 Å². The van der Waals surface area contributed by atoms with Crippen molar-refractivity contribution in [2.45, 2.75) is 26.8 Å². The molecular formula is C17H18N2O. The molecule has 1 N–H and O–H groups in total. The van der Waals surface area contributed by atoms with E-state index in [4.69, 9.17) is 4.42 Å². The van der Waals surface area contributed by atoms with Crippen LogP contribution in [0.3, 0.4) is 0 Å². The maximum atomic E-state index is 5.97. The maximum absolute atomic E-state index is 5.97. The fourth-order valence-corrected chi connectivity index (χ4v) is 2.48. The fourth-order valence-electron chi connectivity index (χ4n) is 2.48. The van der Waals surface area contributed by atoms with Crippen LogP contribution in [0.1, 0.15) is 30.0 Å². The van der Waals surface area contributed by atoms with E-state index >= 15 is 0 Å². The average Bonchev–Trinajstić information content (AvgIpc) is 2.79. The Balaban J connectivity index is 1.90. The highest BCUT2D eigenvalue weighted by molar-refractivity contribution is 5.82. The van der Waals surface area contributed by atoms with Gasteiger partial charge in [0.15, 0.2) is 0 Å². The Labute approximate surface area is 118 Å². The van der Waals surface area contributed by atoms with E-state index < -0.39 is 0 Å². The summed E-state index contributed by atoms with van der Waals surface area (Å²) in [4.78, 5) is 4.30. The molecule has 2 aromatic heterocycles. The van der Waals surface area contributed by atoms with Gasteiger partial charge in [-0.3, -0.25) is 4.98 Å². The molecule has 1 unspecified atom stereocenters. The van der Waals surface area contributed by atoms with Crippen LogP contribution in [0.15, 0.2) is 47.0 Å². The van der Waals surface area contributed by atoms with Crippen molar-refractivity contribution in [1.29, 1.82) is 0 Å². The second kappa shape index (κ2) is 5.00. The molecule has 3 nitrogen and oxygen atoms in total. The lowest BCUT2D eigenvalue weighted by atomic mass is 10.1. The number of rotatable bonds is 3. The van der Waals surface area contributed by atoms with Crippen LogP contribution in [-0.4, -0.2) is 4.98 Å². The van der Waals surface area contributed by atoms with Gasteiger partial charge in [-0.25, -0.2) is 0 Å². The Kier molecular flexibility index (Phi) is 3.18. The number of anilines is 1. The van der Waals surface area contributed by atoms with Crippen LogP contribution in [0.2, 0.25) is 0 Å². The molecule has 0 aliphatic carbocycles. The van der Waals surface area contributed by atoms with Gasteiger partial charge in [0.2, 0.25) is 0 Å². The van der Waals surface area contributed by atoms with E-state index in [1.165, 1.54) is 10.9 Å². The van der Waals surface area contributed by atoms with Gasteiger partial charge in [-0.1, -0.05) is 18.2 Å². The van der Waals surface area contributed by atoms with E-state index in [1.54, 1.807) is 0 Å². The van der Waals surface area contributed by atoms with Crippen LogP contribution < -0.4 is 5.32 Å². The maximum Gasteiger partial charge on any atom is 0.134 e. The molecule has 0 radical (unpaired) electrons. The zero-order valence-electron chi connectivity index (χ0n) is 12.0. The van der Waals surface area contributed by atoms with Gasteiger partial charge in [0.05, 0.1) is 17.9 Å². The van der Waals surface area contributed by atoms with Gasteiger partial charge in [0, 0.05) is 16.6 Å². The van der Waals surface area contributed by atoms with Gasteiger partial charge in [-0.15, -0.1) is 0 Å². The van der Waals surface area contributed by atoms with Gasteiger partial charge in [0.25, 0.3) is 0 Å². The van der Waals surface area contributed by atoms with Crippen molar-refractivity contribution in [2.24, 2.45) is 0 Å². The number of nitrogens with one attached hydrogen (secondary N) is 1. The van der Waals surface area contributed by atoms with Gasteiger partial charge < -0.3 is 9.73 Å². The molecule has 1 aromatic carbocycles. The molecule has 0 saturated carbocycles. The van der Waals surface area contributed by atoms with E-state index in [0.717, 1.165) is 22.7 Å². The molecule has 1 atom stereocenters. The second-order valence-corrected chi connectivity index (χ2v) is 5.14. The minimum absolute atomic E-state index is 0.104. The molecule has 20 heavy (non-hydrogen) atoms. The van der Waals surface area contributed by atoms with Crippen LogP contribution in [0.4, 0.5) is 5.69 Å². The first kappa shape index (κ1) is 12.7. The Morgan fingerprint density at radius 3 is 2.60 bits per heavy atom. The van der Waals surface area contributed by atoms with Crippen molar-refractivity contribution in [2.75, 3.05) is 5.32 Å². The number of para-hydroxylation sites is 1. The van der Waals surface area contributed by atoms with Crippen molar-refractivity contribution in [3.63, 3.8) is 0 Å². The zero-order valence-corrected chi connectivity index (χ0v) is 12.0. The molecule has 0 bridgehead atoms. The van der Waals surface area contributed by atoms with E-state index in [9.17, 15) is 0 Å². The average molecular weight is 266 g/mol. The molecule has 0 spiro atoms. The smallest absolute Gasteiger partial charge is 0.134 e. The third-order valence-corrected chi connectivity index (χ3v) is 3.57. The monoisotopic (exact) mass is 266 g/mol. The van der Waals surface area contributed by atoms with Crippen LogP contribution >= 0.6 is 0 Å². The fraction of sp³-hybridized carbons (Fsp3) is 0.235. The van der Waals surface area contributed by atoms with Crippen molar-refractivity contribution >= 4 is 16.7 Å². The number of hydrogen-bond donors (Lipinski definition) is 1. The lowest BCUT2D eigenvalue weighted by molar-refractivity contribution is 0.522. The van der Waals surface area contributed by atoms with E-state index in [1.807, 2.05) is 43.5 Å². The van der Waals surface area contributed by atoms with E-state index in [2.05, 4.69) is 30.2 Å². The first-order valence-corrected chi connectivity index (χ1v) is 6.82. The predicted molar refractivity (Wildman–Crippen MR) is 82.0 cm³/mol. The van der Waals surface area contributed by atoms with Crippen LogP contribution in [-0.2, 0) is 0 Å². The molecule has 3 aromatic rings. The predicted octanol–water partition coefficient (Wildman–Crippen LogP) is 4.62. The molecule has 0 aliphatic rings. The molecule has 0 amide bonds. The molecule has 0 fully saturated rings. The second-order valence-electron chi connectivity index (χ2n) is 5.14. The number of furan rings is 1. The van der Waals surface area contributed by atoms with Crippen LogP contribution in [0, 0.1) is 13.8 Å². The normalized spacial score (nSPS) is 12.6. The number of pyridine rings is 1. The number of aromatic nitrogens is 1. The topological polar surface area (TPSA) is 38.1 Å². The highest BCUT2D eigenvalue weighted by atomic mass is 16.3. The summed E-state index contributed by atoms with van der Waals surface area (Å²) in [5.41, 5.74) is 4.16. The summed E-state index contributed by atoms with van der Waals surface area (Å²) >= 11 is 0. The SMILES string of the molecule is Cc1ccc(NC(C)c2oc3ccccc3c2C)cn1. The first-order chi connectivity index (χ1) is 9.65. The van der Waals surface area contributed by atoms with Gasteiger partial charge >= 0.3 is 0 Å². The van der Waals surface area contributed by atoms with E-state index in [-0.39, 0.29) is 6.04 Å². The van der Waals surface area contributed by atoms with Crippen LogP contribution in [0.5, 0.6) is 0 Å². The quantitative estimate of drug-likeness (QED) is 0.751. The van der Waals surface area contributed by atoms with Crippen molar-refractivity contribution in [3.8, 4) is 0 Å². The molecule has 3 heteroatoms. The number of aryl methyl sites for hydroxylation is 2.